The third-order valence-corrected chi connectivity index (χ3v) is 7.44. The minimum Gasteiger partial charge on any atom is -0.506 e. The molecule has 4 bridgehead atoms. The summed E-state index contributed by atoms with van der Waals surface area (Å²) in [6, 6.07) is 11.4. The second-order valence-electron chi connectivity index (χ2n) is 8.72. The third-order valence-electron chi connectivity index (χ3n) is 7.44. The van der Waals surface area contributed by atoms with Gasteiger partial charge in [0.15, 0.2) is 0 Å². The lowest BCUT2D eigenvalue weighted by Crippen LogP contribution is -2.56. The number of aromatic hydroxyl groups is 2. The summed E-state index contributed by atoms with van der Waals surface area (Å²) in [6.07, 6.45) is 6.37. The number of hydrogen-bond donors (Lipinski definition) is 4. The van der Waals surface area contributed by atoms with Crippen molar-refractivity contribution in [2.24, 2.45) is 23.7 Å². The van der Waals surface area contributed by atoms with E-state index < -0.39 is 0 Å². The molecule has 26 heavy (non-hydrogen) atoms. The zero-order chi connectivity index (χ0) is 18.1. The van der Waals surface area contributed by atoms with Crippen LogP contribution in [0.1, 0.15) is 43.2 Å². The molecule has 0 unspecified atom stereocenters. The fourth-order valence-electron chi connectivity index (χ4n) is 6.66. The van der Waals surface area contributed by atoms with Crippen LogP contribution in [0.3, 0.4) is 0 Å². The molecule has 0 aliphatic heterocycles. The Labute approximate surface area is 153 Å². The number of nitrogens with two attached hydrogens (primary N) is 2. The third kappa shape index (κ3) is 2.01. The predicted octanol–water partition coefficient (Wildman–Crippen LogP) is 4.00. The first-order chi connectivity index (χ1) is 12.5. The number of hydrogen-bond acceptors (Lipinski definition) is 4. The van der Waals surface area contributed by atoms with E-state index in [2.05, 4.69) is 0 Å². The molecule has 0 spiro atoms. The van der Waals surface area contributed by atoms with Gasteiger partial charge in [0.2, 0.25) is 0 Å². The number of phenols is 2. The molecule has 136 valence electrons. The van der Waals surface area contributed by atoms with Crippen molar-refractivity contribution in [1.29, 1.82) is 0 Å². The molecule has 6 rings (SSSR count). The fourth-order valence-corrected chi connectivity index (χ4v) is 6.66. The van der Waals surface area contributed by atoms with E-state index in [9.17, 15) is 10.2 Å². The highest BCUT2D eigenvalue weighted by molar-refractivity contribution is 5.60. The maximum atomic E-state index is 9.95. The molecule has 0 heterocycles. The van der Waals surface area contributed by atoms with Gasteiger partial charge in [-0.05, 0) is 91.2 Å². The zero-order valence-corrected chi connectivity index (χ0v) is 14.9. The summed E-state index contributed by atoms with van der Waals surface area (Å²) in [5.74, 6) is 3.08. The molecule has 4 nitrogen and oxygen atoms in total. The number of anilines is 2. The van der Waals surface area contributed by atoms with Crippen LogP contribution in [-0.2, 0) is 5.41 Å². The summed E-state index contributed by atoms with van der Waals surface area (Å²) in [6.45, 7) is 0. The van der Waals surface area contributed by atoms with E-state index in [0.717, 1.165) is 11.8 Å². The summed E-state index contributed by atoms with van der Waals surface area (Å²) in [7, 11) is 0. The molecule has 0 aromatic heterocycles. The second kappa shape index (κ2) is 5.32. The first-order valence-corrected chi connectivity index (χ1v) is 9.66. The smallest absolute Gasteiger partial charge is 0.138 e. The quantitative estimate of drug-likeness (QED) is 0.486. The average Bonchev–Trinajstić information content (AvgIpc) is 2.60. The Balaban J connectivity index is 1.75. The summed E-state index contributed by atoms with van der Waals surface area (Å²) >= 11 is 0. The zero-order valence-electron chi connectivity index (χ0n) is 14.9. The lowest BCUT2D eigenvalue weighted by Gasteiger charge is -2.62. The van der Waals surface area contributed by atoms with Crippen LogP contribution in [-0.4, -0.2) is 10.2 Å². The monoisotopic (exact) mass is 350 g/mol. The Morgan fingerprint density at radius 2 is 1.12 bits per heavy atom. The molecule has 6 N–H and O–H groups in total. The second-order valence-corrected chi connectivity index (χ2v) is 8.72. The van der Waals surface area contributed by atoms with Gasteiger partial charge in [0.1, 0.15) is 11.5 Å². The first kappa shape index (κ1) is 15.9. The van der Waals surface area contributed by atoms with Crippen molar-refractivity contribution in [1.82, 2.24) is 0 Å². The molecule has 4 fully saturated rings. The van der Waals surface area contributed by atoms with Crippen LogP contribution in [0, 0.1) is 23.7 Å². The Hall–Kier alpha value is -2.36. The van der Waals surface area contributed by atoms with E-state index in [-0.39, 0.29) is 16.9 Å². The van der Waals surface area contributed by atoms with Crippen LogP contribution >= 0.6 is 0 Å². The highest BCUT2D eigenvalue weighted by Crippen LogP contribution is 2.65. The SMILES string of the molecule is Nc1cc(C2(c3ccc(O)c(N)c3)C3CC4CC(C3)CC2C4)ccc1O. The predicted molar refractivity (Wildman–Crippen MR) is 103 cm³/mol. The molecule has 4 saturated carbocycles. The topological polar surface area (TPSA) is 92.5 Å². The highest BCUT2D eigenvalue weighted by Gasteiger charge is 2.58. The van der Waals surface area contributed by atoms with Crippen molar-refractivity contribution in [2.75, 3.05) is 11.5 Å². The minimum atomic E-state index is -0.128. The van der Waals surface area contributed by atoms with Gasteiger partial charge < -0.3 is 21.7 Å². The van der Waals surface area contributed by atoms with Crippen molar-refractivity contribution in [3.05, 3.63) is 47.5 Å². The Bertz CT molecular complexity index is 795. The van der Waals surface area contributed by atoms with Gasteiger partial charge in [-0.15, -0.1) is 0 Å². The number of rotatable bonds is 2. The van der Waals surface area contributed by atoms with Gasteiger partial charge in [0.25, 0.3) is 0 Å². The fraction of sp³-hybridized carbons (Fsp3) is 0.455. The molecule has 0 amide bonds. The van der Waals surface area contributed by atoms with Gasteiger partial charge >= 0.3 is 0 Å². The standard InChI is InChI=1S/C22H26N2O2/c23-18-10-14(1-3-20(18)25)22(15-2-4-21(26)19(24)11-15)16-6-12-5-13(8-16)9-17(22)7-12/h1-4,10-13,16-17,25-26H,5-9,23-24H2. The first-order valence-electron chi connectivity index (χ1n) is 9.66. The van der Waals surface area contributed by atoms with Crippen LogP contribution in [0.2, 0.25) is 0 Å². The number of nitrogen functional groups attached to an aromatic ring is 2. The van der Waals surface area contributed by atoms with E-state index in [1.165, 1.54) is 43.2 Å². The van der Waals surface area contributed by atoms with Crippen molar-refractivity contribution in [3.8, 4) is 11.5 Å². The molecule has 0 saturated heterocycles. The maximum absolute atomic E-state index is 9.95. The molecular weight excluding hydrogens is 324 g/mol. The van der Waals surface area contributed by atoms with Gasteiger partial charge in [0, 0.05) is 5.41 Å². The Morgan fingerprint density at radius 1 is 0.692 bits per heavy atom. The number of benzene rings is 2. The normalized spacial score (nSPS) is 31.2. The van der Waals surface area contributed by atoms with Crippen LogP contribution in [0.5, 0.6) is 11.5 Å². The van der Waals surface area contributed by atoms with E-state index in [0.29, 0.717) is 23.2 Å². The lowest BCUT2D eigenvalue weighted by molar-refractivity contribution is -0.0418. The van der Waals surface area contributed by atoms with E-state index in [1.807, 2.05) is 24.3 Å². The van der Waals surface area contributed by atoms with Crippen LogP contribution in [0.15, 0.2) is 36.4 Å². The molecule has 0 radical (unpaired) electrons. The van der Waals surface area contributed by atoms with Crippen LogP contribution in [0.4, 0.5) is 11.4 Å². The van der Waals surface area contributed by atoms with E-state index in [4.69, 9.17) is 11.5 Å². The highest BCUT2D eigenvalue weighted by atomic mass is 16.3. The van der Waals surface area contributed by atoms with Crippen LogP contribution in [0.25, 0.3) is 0 Å². The molecule has 4 heteroatoms. The molecule has 2 aromatic carbocycles. The average molecular weight is 350 g/mol. The molecule has 4 aliphatic carbocycles. The molecular formula is C22H26N2O2. The molecule has 0 atom stereocenters. The molecule has 4 aliphatic rings. The lowest BCUT2D eigenvalue weighted by atomic mass is 9.42. The van der Waals surface area contributed by atoms with Gasteiger partial charge in [-0.3, -0.25) is 0 Å². The van der Waals surface area contributed by atoms with Crippen molar-refractivity contribution >= 4 is 11.4 Å². The largest absolute Gasteiger partial charge is 0.506 e. The Morgan fingerprint density at radius 3 is 1.50 bits per heavy atom. The Kier molecular flexibility index (Phi) is 3.25. The minimum absolute atomic E-state index is 0.128. The van der Waals surface area contributed by atoms with Gasteiger partial charge in [0.05, 0.1) is 11.4 Å². The van der Waals surface area contributed by atoms with Crippen molar-refractivity contribution in [2.45, 2.75) is 37.5 Å². The van der Waals surface area contributed by atoms with Crippen LogP contribution < -0.4 is 11.5 Å². The maximum Gasteiger partial charge on any atom is 0.138 e. The van der Waals surface area contributed by atoms with Gasteiger partial charge in [-0.1, -0.05) is 12.1 Å². The van der Waals surface area contributed by atoms with Gasteiger partial charge in [-0.25, -0.2) is 0 Å². The van der Waals surface area contributed by atoms with E-state index >= 15 is 0 Å². The number of phenolic OH excluding ortho intramolecular Hbond substituents is 2. The van der Waals surface area contributed by atoms with Crippen molar-refractivity contribution in [3.63, 3.8) is 0 Å². The van der Waals surface area contributed by atoms with E-state index in [1.54, 1.807) is 12.1 Å². The summed E-state index contributed by atoms with van der Waals surface area (Å²) in [5.41, 5.74) is 15.3. The van der Waals surface area contributed by atoms with Gasteiger partial charge in [-0.2, -0.15) is 0 Å². The molecule has 2 aromatic rings. The summed E-state index contributed by atoms with van der Waals surface area (Å²) in [5, 5.41) is 19.9. The summed E-state index contributed by atoms with van der Waals surface area (Å²) < 4.78 is 0. The van der Waals surface area contributed by atoms with Crippen molar-refractivity contribution < 1.29 is 10.2 Å². The summed E-state index contributed by atoms with van der Waals surface area (Å²) in [4.78, 5) is 0.